The zero-order chi connectivity index (χ0) is 15.9. The average Bonchev–Trinajstić information content (AvgIpc) is 2.39. The molecule has 3 nitrogen and oxygen atoms in total. The van der Waals surface area contributed by atoms with Crippen molar-refractivity contribution in [2.24, 2.45) is 0 Å². The largest absolute Gasteiger partial charge is 0.395 e. The molecule has 0 amide bonds. The molecule has 0 aliphatic carbocycles. The smallest absolute Gasteiger partial charge is 0.124 e. The molecule has 0 saturated heterocycles. The van der Waals surface area contributed by atoms with Crippen molar-refractivity contribution in [2.45, 2.75) is 39.3 Å². The molecule has 116 valence electrons. The van der Waals surface area contributed by atoms with Crippen LogP contribution in [0.1, 0.15) is 38.3 Å². The summed E-state index contributed by atoms with van der Waals surface area (Å²) in [6.07, 6.45) is 0.372. The molecular formula is C17H24FNO2. The van der Waals surface area contributed by atoms with Gasteiger partial charge in [-0.1, -0.05) is 24.8 Å². The molecule has 0 bridgehead atoms. The summed E-state index contributed by atoms with van der Waals surface area (Å²) < 4.78 is 13.4. The minimum Gasteiger partial charge on any atom is -0.395 e. The van der Waals surface area contributed by atoms with Crippen LogP contribution in [-0.2, 0) is 6.54 Å². The maximum atomic E-state index is 13.4. The fourth-order valence-corrected chi connectivity index (χ4v) is 2.08. The number of hydrogen-bond acceptors (Lipinski definition) is 3. The fourth-order valence-electron chi connectivity index (χ4n) is 2.08. The molecule has 0 aliphatic rings. The standard InChI is InChI=1S/C17H24FNO2/c1-4-19(13-17(2,3)21)12-15-8-9-16(18)11-14(15)7-5-6-10-20/h8-9,11,20-21H,4,6,10,12-13H2,1-3H3. The minimum absolute atomic E-state index is 0.00254. The highest BCUT2D eigenvalue weighted by atomic mass is 19.1. The van der Waals surface area contributed by atoms with E-state index in [-0.39, 0.29) is 12.4 Å². The zero-order valence-electron chi connectivity index (χ0n) is 13.0. The van der Waals surface area contributed by atoms with E-state index in [0.717, 1.165) is 12.1 Å². The van der Waals surface area contributed by atoms with Gasteiger partial charge in [-0.25, -0.2) is 4.39 Å². The van der Waals surface area contributed by atoms with Crippen LogP contribution < -0.4 is 0 Å². The number of aliphatic hydroxyl groups excluding tert-OH is 1. The Morgan fingerprint density at radius 3 is 2.62 bits per heavy atom. The minimum atomic E-state index is -0.779. The molecule has 0 fully saturated rings. The van der Waals surface area contributed by atoms with Gasteiger partial charge in [0.05, 0.1) is 12.2 Å². The molecule has 0 saturated carbocycles. The summed E-state index contributed by atoms with van der Waals surface area (Å²) in [4.78, 5) is 2.09. The van der Waals surface area contributed by atoms with E-state index in [0.29, 0.717) is 25.1 Å². The van der Waals surface area contributed by atoms with Crippen molar-refractivity contribution in [1.29, 1.82) is 0 Å². The Morgan fingerprint density at radius 1 is 1.33 bits per heavy atom. The van der Waals surface area contributed by atoms with Crippen LogP contribution in [0.15, 0.2) is 18.2 Å². The Kier molecular flexibility index (Phi) is 6.83. The van der Waals surface area contributed by atoms with E-state index in [9.17, 15) is 9.50 Å². The molecule has 21 heavy (non-hydrogen) atoms. The van der Waals surface area contributed by atoms with Gasteiger partial charge in [-0.2, -0.15) is 0 Å². The summed E-state index contributed by atoms with van der Waals surface area (Å²) in [5.74, 6) is 5.41. The third kappa shape index (κ3) is 6.72. The number of benzene rings is 1. The van der Waals surface area contributed by atoms with Crippen molar-refractivity contribution in [2.75, 3.05) is 19.7 Å². The van der Waals surface area contributed by atoms with E-state index in [1.807, 2.05) is 6.92 Å². The Labute approximate surface area is 126 Å². The molecule has 0 atom stereocenters. The quantitative estimate of drug-likeness (QED) is 0.790. The molecule has 1 aromatic rings. The third-order valence-corrected chi connectivity index (χ3v) is 2.98. The number of aliphatic hydroxyl groups is 2. The maximum Gasteiger partial charge on any atom is 0.124 e. The van der Waals surface area contributed by atoms with Crippen molar-refractivity contribution in [3.8, 4) is 11.8 Å². The van der Waals surface area contributed by atoms with Gasteiger partial charge >= 0.3 is 0 Å². The summed E-state index contributed by atoms with van der Waals surface area (Å²) in [6.45, 7) is 7.47. The summed E-state index contributed by atoms with van der Waals surface area (Å²) in [5.41, 5.74) is 0.782. The third-order valence-electron chi connectivity index (χ3n) is 2.98. The first-order valence-electron chi connectivity index (χ1n) is 7.18. The van der Waals surface area contributed by atoms with Crippen LogP contribution in [0.2, 0.25) is 0 Å². The predicted molar refractivity (Wildman–Crippen MR) is 82.2 cm³/mol. The van der Waals surface area contributed by atoms with Crippen LogP contribution in [0.4, 0.5) is 4.39 Å². The van der Waals surface area contributed by atoms with Gasteiger partial charge in [0.1, 0.15) is 5.82 Å². The Hall–Kier alpha value is -1.41. The molecule has 2 N–H and O–H groups in total. The van der Waals surface area contributed by atoms with Crippen LogP contribution >= 0.6 is 0 Å². The highest BCUT2D eigenvalue weighted by Gasteiger charge is 2.18. The lowest BCUT2D eigenvalue weighted by molar-refractivity contribution is 0.0353. The van der Waals surface area contributed by atoms with Gasteiger partial charge in [-0.05, 0) is 38.1 Å². The van der Waals surface area contributed by atoms with Crippen LogP contribution in [0, 0.1) is 17.7 Å². The topological polar surface area (TPSA) is 43.7 Å². The van der Waals surface area contributed by atoms with Crippen LogP contribution in [-0.4, -0.2) is 40.4 Å². The summed E-state index contributed by atoms with van der Waals surface area (Å²) in [5, 5.41) is 18.7. The number of halogens is 1. The van der Waals surface area contributed by atoms with Gasteiger partial charge in [0.25, 0.3) is 0 Å². The maximum absolute atomic E-state index is 13.4. The normalized spacial score (nSPS) is 11.4. The molecule has 0 heterocycles. The van der Waals surface area contributed by atoms with Gasteiger partial charge in [-0.15, -0.1) is 0 Å². The lowest BCUT2D eigenvalue weighted by Crippen LogP contribution is -2.38. The molecule has 1 aromatic carbocycles. The number of hydrogen-bond donors (Lipinski definition) is 2. The van der Waals surface area contributed by atoms with Crippen LogP contribution in [0.5, 0.6) is 0 Å². The first-order valence-corrected chi connectivity index (χ1v) is 7.18. The van der Waals surface area contributed by atoms with Crippen molar-refractivity contribution in [3.05, 3.63) is 35.1 Å². The average molecular weight is 293 g/mol. The van der Waals surface area contributed by atoms with Gasteiger partial charge in [0, 0.05) is 25.1 Å². The summed E-state index contributed by atoms with van der Waals surface area (Å²) >= 11 is 0. The van der Waals surface area contributed by atoms with E-state index in [1.165, 1.54) is 12.1 Å². The second-order valence-electron chi connectivity index (χ2n) is 5.69. The van der Waals surface area contributed by atoms with Gasteiger partial charge in [0.15, 0.2) is 0 Å². The lowest BCUT2D eigenvalue weighted by Gasteiger charge is -2.28. The summed E-state index contributed by atoms with van der Waals surface area (Å²) in [7, 11) is 0. The first-order chi connectivity index (χ1) is 9.85. The monoisotopic (exact) mass is 293 g/mol. The number of likely N-dealkylation sites (N-methyl/N-ethyl adjacent to an activating group) is 1. The van der Waals surface area contributed by atoms with Gasteiger partial charge < -0.3 is 10.2 Å². The van der Waals surface area contributed by atoms with Crippen molar-refractivity contribution in [3.63, 3.8) is 0 Å². The van der Waals surface area contributed by atoms with E-state index < -0.39 is 5.60 Å². The lowest BCUT2D eigenvalue weighted by atomic mass is 10.0. The fraction of sp³-hybridized carbons (Fsp3) is 0.529. The van der Waals surface area contributed by atoms with Crippen LogP contribution in [0.25, 0.3) is 0 Å². The zero-order valence-corrected chi connectivity index (χ0v) is 13.0. The van der Waals surface area contributed by atoms with E-state index in [4.69, 9.17) is 5.11 Å². The molecule has 4 heteroatoms. The van der Waals surface area contributed by atoms with Crippen LogP contribution in [0.3, 0.4) is 0 Å². The van der Waals surface area contributed by atoms with Crippen molar-refractivity contribution >= 4 is 0 Å². The van der Waals surface area contributed by atoms with Gasteiger partial charge in [0.2, 0.25) is 0 Å². The molecule has 0 unspecified atom stereocenters. The van der Waals surface area contributed by atoms with Gasteiger partial charge in [-0.3, -0.25) is 4.90 Å². The number of nitrogens with zero attached hydrogens (tertiary/aromatic N) is 1. The highest BCUT2D eigenvalue weighted by Crippen LogP contribution is 2.15. The second kappa shape index (κ2) is 8.14. The SMILES string of the molecule is CCN(Cc1ccc(F)cc1C#CCCO)CC(C)(C)O. The Morgan fingerprint density at radius 2 is 2.05 bits per heavy atom. The van der Waals surface area contributed by atoms with Crippen molar-refractivity contribution in [1.82, 2.24) is 4.90 Å². The number of rotatable bonds is 6. The Bertz CT molecular complexity index is 512. The Balaban J connectivity index is 2.93. The van der Waals surface area contributed by atoms with E-state index >= 15 is 0 Å². The van der Waals surface area contributed by atoms with E-state index in [2.05, 4.69) is 16.7 Å². The molecule has 0 spiro atoms. The predicted octanol–water partition coefficient (Wildman–Crippen LogP) is 2.15. The van der Waals surface area contributed by atoms with E-state index in [1.54, 1.807) is 19.9 Å². The second-order valence-corrected chi connectivity index (χ2v) is 5.69. The first kappa shape index (κ1) is 17.6. The molecular weight excluding hydrogens is 269 g/mol. The molecule has 1 rings (SSSR count). The molecule has 0 aliphatic heterocycles. The molecule has 0 radical (unpaired) electrons. The molecule has 0 aromatic heterocycles. The van der Waals surface area contributed by atoms with Crippen molar-refractivity contribution < 1.29 is 14.6 Å². The summed E-state index contributed by atoms with van der Waals surface area (Å²) in [6, 6.07) is 4.56. The highest BCUT2D eigenvalue weighted by molar-refractivity contribution is 5.41.